The van der Waals surface area contributed by atoms with Crippen LogP contribution in [0.2, 0.25) is 0 Å². The number of nitrogens with two attached hydrogens (primary N) is 1. The molecule has 1 heterocycles. The molecule has 3 nitrogen and oxygen atoms in total. The molecule has 1 aliphatic rings. The summed E-state index contributed by atoms with van der Waals surface area (Å²) in [6.45, 7) is 2.16. The quantitative estimate of drug-likeness (QED) is 0.800. The SMILES string of the molecule is N[C@H](CN1CCC[C@@H]1CO)c1ccccc1. The first-order valence-corrected chi connectivity index (χ1v) is 5.96. The van der Waals surface area contributed by atoms with Crippen LogP contribution in [0.25, 0.3) is 0 Å². The van der Waals surface area contributed by atoms with E-state index in [1.54, 1.807) is 0 Å². The van der Waals surface area contributed by atoms with Crippen LogP contribution in [0.4, 0.5) is 0 Å². The van der Waals surface area contributed by atoms with Gasteiger partial charge in [-0.1, -0.05) is 30.3 Å². The number of benzene rings is 1. The van der Waals surface area contributed by atoms with Crippen molar-refractivity contribution in [1.82, 2.24) is 4.90 Å². The fraction of sp³-hybridized carbons (Fsp3) is 0.538. The number of likely N-dealkylation sites (tertiary alicyclic amines) is 1. The fourth-order valence-electron chi connectivity index (χ4n) is 2.40. The lowest BCUT2D eigenvalue weighted by molar-refractivity contribution is 0.153. The van der Waals surface area contributed by atoms with Gasteiger partial charge in [0.2, 0.25) is 0 Å². The maximum Gasteiger partial charge on any atom is 0.0586 e. The van der Waals surface area contributed by atoms with Crippen LogP contribution in [0, 0.1) is 0 Å². The van der Waals surface area contributed by atoms with Gasteiger partial charge in [0.25, 0.3) is 0 Å². The average Bonchev–Trinajstić information content (AvgIpc) is 2.77. The molecule has 0 spiro atoms. The summed E-state index contributed by atoms with van der Waals surface area (Å²) in [5, 5.41) is 9.24. The summed E-state index contributed by atoms with van der Waals surface area (Å²) in [6, 6.07) is 10.5. The number of nitrogens with zero attached hydrogens (tertiary/aromatic N) is 1. The largest absolute Gasteiger partial charge is 0.395 e. The van der Waals surface area contributed by atoms with Crippen LogP contribution in [-0.4, -0.2) is 35.7 Å². The number of aliphatic hydroxyl groups is 1. The van der Waals surface area contributed by atoms with Gasteiger partial charge in [0.1, 0.15) is 0 Å². The second-order valence-electron chi connectivity index (χ2n) is 4.49. The zero-order valence-electron chi connectivity index (χ0n) is 9.55. The Morgan fingerprint density at radius 1 is 1.38 bits per heavy atom. The minimum Gasteiger partial charge on any atom is -0.395 e. The van der Waals surface area contributed by atoms with E-state index in [4.69, 9.17) is 5.73 Å². The van der Waals surface area contributed by atoms with Crippen molar-refractivity contribution in [2.75, 3.05) is 19.7 Å². The number of hydrogen-bond donors (Lipinski definition) is 2. The fourth-order valence-corrected chi connectivity index (χ4v) is 2.40. The maximum absolute atomic E-state index is 9.24. The third kappa shape index (κ3) is 2.61. The molecule has 2 rings (SSSR count). The first-order valence-electron chi connectivity index (χ1n) is 5.96. The van der Waals surface area contributed by atoms with Crippen molar-refractivity contribution in [2.24, 2.45) is 5.73 Å². The van der Waals surface area contributed by atoms with Gasteiger partial charge in [-0.05, 0) is 24.9 Å². The van der Waals surface area contributed by atoms with Gasteiger partial charge in [-0.25, -0.2) is 0 Å². The third-order valence-electron chi connectivity index (χ3n) is 3.37. The van der Waals surface area contributed by atoms with E-state index in [9.17, 15) is 5.11 Å². The highest BCUT2D eigenvalue weighted by Crippen LogP contribution is 2.20. The van der Waals surface area contributed by atoms with Crippen molar-refractivity contribution in [3.8, 4) is 0 Å². The molecule has 2 atom stereocenters. The summed E-state index contributed by atoms with van der Waals surface area (Å²) in [4.78, 5) is 2.30. The highest BCUT2D eigenvalue weighted by molar-refractivity contribution is 5.18. The Kier molecular flexibility index (Phi) is 3.93. The van der Waals surface area contributed by atoms with E-state index < -0.39 is 0 Å². The number of rotatable bonds is 4. The molecule has 0 amide bonds. The molecule has 1 fully saturated rings. The zero-order valence-corrected chi connectivity index (χ0v) is 9.55. The van der Waals surface area contributed by atoms with Gasteiger partial charge in [0, 0.05) is 18.6 Å². The van der Waals surface area contributed by atoms with Crippen molar-refractivity contribution in [3.05, 3.63) is 35.9 Å². The Morgan fingerprint density at radius 2 is 2.12 bits per heavy atom. The molecule has 1 aromatic carbocycles. The van der Waals surface area contributed by atoms with Gasteiger partial charge in [-0.3, -0.25) is 4.90 Å². The summed E-state index contributed by atoms with van der Waals surface area (Å²) >= 11 is 0. The minimum absolute atomic E-state index is 0.0494. The van der Waals surface area contributed by atoms with Gasteiger partial charge in [-0.2, -0.15) is 0 Å². The highest BCUT2D eigenvalue weighted by Gasteiger charge is 2.25. The predicted octanol–water partition coefficient (Wildman–Crippen LogP) is 1.14. The van der Waals surface area contributed by atoms with Crippen molar-refractivity contribution in [1.29, 1.82) is 0 Å². The molecule has 0 aliphatic carbocycles. The Bertz CT molecular complexity index is 315. The van der Waals surface area contributed by atoms with Gasteiger partial charge in [0.05, 0.1) is 6.61 Å². The van der Waals surface area contributed by atoms with Gasteiger partial charge >= 0.3 is 0 Å². The number of aliphatic hydroxyl groups excluding tert-OH is 1. The van der Waals surface area contributed by atoms with Crippen LogP contribution in [0.5, 0.6) is 0 Å². The molecule has 0 bridgehead atoms. The van der Waals surface area contributed by atoms with Crippen LogP contribution in [0.15, 0.2) is 30.3 Å². The first kappa shape index (κ1) is 11.6. The van der Waals surface area contributed by atoms with E-state index in [0.29, 0.717) is 6.04 Å². The minimum atomic E-state index is 0.0494. The Balaban J connectivity index is 1.94. The summed E-state index contributed by atoms with van der Waals surface area (Å²) in [5.74, 6) is 0. The van der Waals surface area contributed by atoms with Crippen molar-refractivity contribution in [2.45, 2.75) is 24.9 Å². The molecular formula is C13H20N2O. The smallest absolute Gasteiger partial charge is 0.0586 e. The second kappa shape index (κ2) is 5.43. The highest BCUT2D eigenvalue weighted by atomic mass is 16.3. The molecule has 88 valence electrons. The molecule has 0 unspecified atom stereocenters. The van der Waals surface area contributed by atoms with Crippen LogP contribution in [-0.2, 0) is 0 Å². The van der Waals surface area contributed by atoms with Crippen molar-refractivity contribution < 1.29 is 5.11 Å². The topological polar surface area (TPSA) is 49.5 Å². The monoisotopic (exact) mass is 220 g/mol. The molecule has 1 aliphatic heterocycles. The van der Waals surface area contributed by atoms with Crippen molar-refractivity contribution >= 4 is 0 Å². The summed E-state index contributed by atoms with van der Waals surface area (Å²) in [7, 11) is 0. The lowest BCUT2D eigenvalue weighted by atomic mass is 10.1. The molecule has 16 heavy (non-hydrogen) atoms. The number of hydrogen-bond acceptors (Lipinski definition) is 3. The normalized spacial score (nSPS) is 23.5. The molecule has 1 saturated heterocycles. The van der Waals surface area contributed by atoms with E-state index in [0.717, 1.165) is 19.5 Å². The van der Waals surface area contributed by atoms with Crippen LogP contribution in [0.1, 0.15) is 24.4 Å². The summed E-state index contributed by atoms with van der Waals surface area (Å²) in [6.07, 6.45) is 2.27. The lowest BCUT2D eigenvalue weighted by Gasteiger charge is -2.26. The predicted molar refractivity (Wildman–Crippen MR) is 65.1 cm³/mol. The Morgan fingerprint density at radius 3 is 2.81 bits per heavy atom. The molecule has 3 N–H and O–H groups in total. The summed E-state index contributed by atoms with van der Waals surface area (Å²) < 4.78 is 0. The van der Waals surface area contributed by atoms with E-state index in [1.165, 1.54) is 12.0 Å². The lowest BCUT2D eigenvalue weighted by Crippen LogP contribution is -2.37. The zero-order chi connectivity index (χ0) is 11.4. The van der Waals surface area contributed by atoms with E-state index in [-0.39, 0.29) is 12.6 Å². The summed E-state index contributed by atoms with van der Waals surface area (Å²) in [5.41, 5.74) is 7.34. The van der Waals surface area contributed by atoms with E-state index in [2.05, 4.69) is 17.0 Å². The van der Waals surface area contributed by atoms with Crippen LogP contribution < -0.4 is 5.73 Å². The standard InChI is InChI=1S/C13H20N2O/c14-13(11-5-2-1-3-6-11)9-15-8-4-7-12(15)10-16/h1-3,5-6,12-13,16H,4,7-10,14H2/t12-,13-/m1/s1. The van der Waals surface area contributed by atoms with Gasteiger partial charge < -0.3 is 10.8 Å². The Hall–Kier alpha value is -0.900. The molecule has 0 radical (unpaired) electrons. The third-order valence-corrected chi connectivity index (χ3v) is 3.37. The Labute approximate surface area is 96.9 Å². The van der Waals surface area contributed by atoms with Gasteiger partial charge in [-0.15, -0.1) is 0 Å². The molecular weight excluding hydrogens is 200 g/mol. The van der Waals surface area contributed by atoms with Gasteiger partial charge in [0.15, 0.2) is 0 Å². The second-order valence-corrected chi connectivity index (χ2v) is 4.49. The molecule has 3 heteroatoms. The van der Waals surface area contributed by atoms with E-state index >= 15 is 0 Å². The molecule has 0 aromatic heterocycles. The first-order chi connectivity index (χ1) is 7.81. The van der Waals surface area contributed by atoms with Crippen LogP contribution in [0.3, 0.4) is 0 Å². The average molecular weight is 220 g/mol. The van der Waals surface area contributed by atoms with E-state index in [1.807, 2.05) is 18.2 Å². The van der Waals surface area contributed by atoms with Crippen LogP contribution >= 0.6 is 0 Å². The maximum atomic E-state index is 9.24. The molecule has 0 saturated carbocycles. The molecule has 1 aromatic rings. The van der Waals surface area contributed by atoms with Crippen molar-refractivity contribution in [3.63, 3.8) is 0 Å².